The van der Waals surface area contributed by atoms with E-state index in [1.54, 1.807) is 0 Å². The van der Waals surface area contributed by atoms with E-state index in [1.165, 1.54) is 0 Å². The van der Waals surface area contributed by atoms with Crippen LogP contribution < -0.4 is 10.6 Å². The number of hydrogen-bond donors (Lipinski definition) is 2. The highest BCUT2D eigenvalue weighted by atomic mass is 16.2. The van der Waals surface area contributed by atoms with Crippen LogP contribution >= 0.6 is 0 Å². The number of benzene rings is 1. The van der Waals surface area contributed by atoms with Gasteiger partial charge in [0.05, 0.1) is 11.2 Å². The van der Waals surface area contributed by atoms with Crippen molar-refractivity contribution >= 4 is 28.4 Å². The second kappa shape index (κ2) is 6.77. The van der Waals surface area contributed by atoms with E-state index in [0.717, 1.165) is 16.6 Å². The second-order valence-electron chi connectivity index (χ2n) is 6.63. The Bertz CT molecular complexity index is 733. The molecule has 2 aromatic rings. The summed E-state index contributed by atoms with van der Waals surface area (Å²) in [6.45, 7) is 7.75. The molecule has 0 fully saturated rings. The summed E-state index contributed by atoms with van der Waals surface area (Å²) in [7, 11) is 0. The molecule has 0 saturated heterocycles. The molecular formula is C18H23N3O2. The quantitative estimate of drug-likeness (QED) is 0.911. The lowest BCUT2D eigenvalue weighted by molar-refractivity contribution is -0.128. The monoisotopic (exact) mass is 313 g/mol. The molecule has 23 heavy (non-hydrogen) atoms. The van der Waals surface area contributed by atoms with Crippen LogP contribution in [0.5, 0.6) is 0 Å². The topological polar surface area (TPSA) is 71.1 Å². The molecule has 0 spiro atoms. The number of hydrogen-bond acceptors (Lipinski definition) is 3. The van der Waals surface area contributed by atoms with E-state index in [4.69, 9.17) is 0 Å². The van der Waals surface area contributed by atoms with Crippen molar-refractivity contribution in [3.63, 3.8) is 0 Å². The lowest BCUT2D eigenvalue weighted by Crippen LogP contribution is -2.36. The van der Waals surface area contributed by atoms with Crippen LogP contribution in [0.15, 0.2) is 30.3 Å². The van der Waals surface area contributed by atoms with Crippen LogP contribution in [0.3, 0.4) is 0 Å². The van der Waals surface area contributed by atoms with Crippen molar-refractivity contribution in [3.8, 4) is 0 Å². The number of anilines is 1. The van der Waals surface area contributed by atoms with Gasteiger partial charge in [-0.3, -0.25) is 14.6 Å². The van der Waals surface area contributed by atoms with Crippen LogP contribution in [-0.2, 0) is 9.59 Å². The summed E-state index contributed by atoms with van der Waals surface area (Å²) in [5, 5.41) is 6.62. The molecule has 0 aliphatic heterocycles. The summed E-state index contributed by atoms with van der Waals surface area (Å²) in [6, 6.07) is 9.60. The van der Waals surface area contributed by atoms with E-state index in [2.05, 4.69) is 15.6 Å². The summed E-state index contributed by atoms with van der Waals surface area (Å²) >= 11 is 0. The number of rotatable bonds is 4. The molecule has 2 rings (SSSR count). The van der Waals surface area contributed by atoms with Gasteiger partial charge < -0.3 is 10.6 Å². The van der Waals surface area contributed by atoms with E-state index in [9.17, 15) is 9.59 Å². The number of amides is 2. The van der Waals surface area contributed by atoms with Gasteiger partial charge in [0, 0.05) is 29.5 Å². The average Bonchev–Trinajstić information content (AvgIpc) is 2.46. The average molecular weight is 313 g/mol. The minimum Gasteiger partial charge on any atom is -0.355 e. The Hall–Kier alpha value is -2.43. The maximum Gasteiger partial charge on any atom is 0.226 e. The molecule has 0 aliphatic carbocycles. The van der Waals surface area contributed by atoms with E-state index >= 15 is 0 Å². The highest BCUT2D eigenvalue weighted by molar-refractivity contribution is 6.00. The third-order valence-electron chi connectivity index (χ3n) is 3.45. The summed E-state index contributed by atoms with van der Waals surface area (Å²) < 4.78 is 0. The molecule has 0 radical (unpaired) electrons. The zero-order chi connectivity index (χ0) is 17.0. The Morgan fingerprint density at radius 2 is 1.87 bits per heavy atom. The molecule has 0 atom stereocenters. The third kappa shape index (κ3) is 4.52. The number of nitrogens with zero attached hydrogens (tertiary/aromatic N) is 1. The van der Waals surface area contributed by atoms with E-state index in [0.29, 0.717) is 12.2 Å². The van der Waals surface area contributed by atoms with Gasteiger partial charge >= 0.3 is 0 Å². The predicted octanol–water partition coefficient (Wildman–Crippen LogP) is 3.03. The Balaban J connectivity index is 1.98. The van der Waals surface area contributed by atoms with E-state index in [-0.39, 0.29) is 18.2 Å². The molecule has 1 heterocycles. The highest BCUT2D eigenvalue weighted by Gasteiger charge is 2.20. The second-order valence-corrected chi connectivity index (χ2v) is 6.63. The van der Waals surface area contributed by atoms with Gasteiger partial charge in [0.1, 0.15) is 0 Å². The number of aryl methyl sites for hydroxylation is 1. The fourth-order valence-corrected chi connectivity index (χ4v) is 2.11. The molecular weight excluding hydrogens is 290 g/mol. The van der Waals surface area contributed by atoms with E-state index < -0.39 is 5.41 Å². The minimum atomic E-state index is -0.451. The van der Waals surface area contributed by atoms with Crippen LogP contribution in [0, 0.1) is 12.3 Å². The first kappa shape index (κ1) is 16.9. The molecule has 0 bridgehead atoms. The normalized spacial score (nSPS) is 11.3. The van der Waals surface area contributed by atoms with Crippen LogP contribution in [0.25, 0.3) is 10.9 Å². The summed E-state index contributed by atoms with van der Waals surface area (Å²) in [6.07, 6.45) is 0.226. The molecule has 1 aromatic heterocycles. The smallest absolute Gasteiger partial charge is 0.226 e. The Kier molecular flexibility index (Phi) is 4.98. The largest absolute Gasteiger partial charge is 0.355 e. The highest BCUT2D eigenvalue weighted by Crippen LogP contribution is 2.21. The molecule has 2 N–H and O–H groups in total. The zero-order valence-electron chi connectivity index (χ0n) is 14.1. The number of para-hydroxylation sites is 1. The van der Waals surface area contributed by atoms with Crippen molar-refractivity contribution in [2.45, 2.75) is 34.1 Å². The van der Waals surface area contributed by atoms with Crippen molar-refractivity contribution in [1.29, 1.82) is 0 Å². The Morgan fingerprint density at radius 3 is 2.57 bits per heavy atom. The van der Waals surface area contributed by atoms with E-state index in [1.807, 2.05) is 58.0 Å². The van der Waals surface area contributed by atoms with Crippen molar-refractivity contribution in [2.24, 2.45) is 5.41 Å². The van der Waals surface area contributed by atoms with Crippen LogP contribution in [0.2, 0.25) is 0 Å². The fraction of sp³-hybridized carbons (Fsp3) is 0.389. The summed E-state index contributed by atoms with van der Waals surface area (Å²) in [4.78, 5) is 28.3. The number of nitrogens with one attached hydrogen (secondary N) is 2. The van der Waals surface area contributed by atoms with Gasteiger partial charge in [0.25, 0.3) is 0 Å². The minimum absolute atomic E-state index is 0.0623. The van der Waals surface area contributed by atoms with Gasteiger partial charge in [0.2, 0.25) is 11.8 Å². The fourth-order valence-electron chi connectivity index (χ4n) is 2.11. The number of carbonyl (C=O) groups excluding carboxylic acids is 2. The number of pyridine rings is 1. The summed E-state index contributed by atoms with van der Waals surface area (Å²) in [5.41, 5.74) is 1.92. The summed E-state index contributed by atoms with van der Waals surface area (Å²) in [5.74, 6) is -0.206. The maximum absolute atomic E-state index is 12.1. The van der Waals surface area contributed by atoms with Crippen molar-refractivity contribution in [3.05, 3.63) is 36.0 Å². The van der Waals surface area contributed by atoms with Gasteiger partial charge in [-0.1, -0.05) is 39.0 Å². The standard InChI is InChI=1S/C18H23N3O2/c1-12-8-9-13-6-5-7-14(16(13)20-12)21-15(22)10-11-19-17(23)18(2,3)4/h5-9H,10-11H2,1-4H3,(H,19,23)(H,21,22). The lowest BCUT2D eigenvalue weighted by atomic mass is 9.96. The SMILES string of the molecule is Cc1ccc2cccc(NC(=O)CCNC(=O)C(C)(C)C)c2n1. The first-order valence-electron chi connectivity index (χ1n) is 7.72. The maximum atomic E-state index is 12.1. The molecule has 1 aromatic carbocycles. The molecule has 5 nitrogen and oxygen atoms in total. The van der Waals surface area contributed by atoms with Crippen LogP contribution in [-0.4, -0.2) is 23.3 Å². The molecule has 0 saturated carbocycles. The van der Waals surface area contributed by atoms with Gasteiger partial charge in [-0.15, -0.1) is 0 Å². The van der Waals surface area contributed by atoms with Gasteiger partial charge in [-0.2, -0.15) is 0 Å². The third-order valence-corrected chi connectivity index (χ3v) is 3.45. The molecule has 0 unspecified atom stereocenters. The molecule has 0 aliphatic rings. The van der Waals surface area contributed by atoms with Gasteiger partial charge in [-0.05, 0) is 19.1 Å². The van der Waals surface area contributed by atoms with Crippen LogP contribution in [0.4, 0.5) is 5.69 Å². The van der Waals surface area contributed by atoms with Gasteiger partial charge in [-0.25, -0.2) is 0 Å². The first-order valence-corrected chi connectivity index (χ1v) is 7.72. The number of aromatic nitrogens is 1. The predicted molar refractivity (Wildman–Crippen MR) is 92.2 cm³/mol. The van der Waals surface area contributed by atoms with Crippen LogP contribution in [0.1, 0.15) is 32.9 Å². The van der Waals surface area contributed by atoms with Gasteiger partial charge in [0.15, 0.2) is 0 Å². The molecule has 5 heteroatoms. The first-order chi connectivity index (χ1) is 10.8. The van der Waals surface area contributed by atoms with Crippen molar-refractivity contribution in [2.75, 3.05) is 11.9 Å². The Morgan fingerprint density at radius 1 is 1.13 bits per heavy atom. The number of fused-ring (bicyclic) bond motifs is 1. The molecule has 122 valence electrons. The Labute approximate surface area is 136 Å². The zero-order valence-corrected chi connectivity index (χ0v) is 14.1. The van der Waals surface area contributed by atoms with Crippen molar-refractivity contribution < 1.29 is 9.59 Å². The molecule has 2 amide bonds. The lowest BCUT2D eigenvalue weighted by Gasteiger charge is -2.17. The number of carbonyl (C=O) groups is 2. The van der Waals surface area contributed by atoms with Crippen molar-refractivity contribution in [1.82, 2.24) is 10.3 Å².